The Balaban J connectivity index is 2.79. The lowest BCUT2D eigenvalue weighted by atomic mass is 10.00. The smallest absolute Gasteiger partial charge is 0.305 e. The number of nitrogens with two attached hydrogens (primary N) is 1. The Kier molecular flexibility index (Phi) is 8.07. The number of amides is 2. The summed E-state index contributed by atoms with van der Waals surface area (Å²) in [7, 11) is 0. The quantitative estimate of drug-likeness (QED) is 0.534. The van der Waals surface area contributed by atoms with Crippen molar-refractivity contribution >= 4 is 17.8 Å². The Morgan fingerprint density at radius 2 is 1.68 bits per heavy atom. The van der Waals surface area contributed by atoms with Crippen molar-refractivity contribution in [2.45, 2.75) is 51.7 Å². The first-order chi connectivity index (χ1) is 11.8. The molecule has 5 N–H and O–H groups in total. The maximum absolute atomic E-state index is 12.6. The van der Waals surface area contributed by atoms with E-state index in [2.05, 4.69) is 10.6 Å². The second-order valence-electron chi connectivity index (χ2n) is 6.31. The summed E-state index contributed by atoms with van der Waals surface area (Å²) < 4.78 is 0. The first-order valence-electron chi connectivity index (χ1n) is 8.39. The Morgan fingerprint density at radius 1 is 1.08 bits per heavy atom. The highest BCUT2D eigenvalue weighted by Gasteiger charge is 2.28. The number of carboxylic acids is 1. The molecule has 0 fully saturated rings. The van der Waals surface area contributed by atoms with Crippen molar-refractivity contribution in [3.63, 3.8) is 0 Å². The highest BCUT2D eigenvalue weighted by atomic mass is 16.4. The lowest BCUT2D eigenvalue weighted by Gasteiger charge is -2.26. The molecule has 7 heteroatoms. The Hall–Kier alpha value is -2.41. The van der Waals surface area contributed by atoms with E-state index in [1.54, 1.807) is 13.8 Å². The molecule has 0 aliphatic carbocycles. The van der Waals surface area contributed by atoms with Gasteiger partial charge in [0.05, 0.1) is 18.5 Å². The molecule has 0 aliphatic rings. The predicted octanol–water partition coefficient (Wildman–Crippen LogP) is 1.20. The maximum Gasteiger partial charge on any atom is 0.305 e. The molecule has 0 spiro atoms. The third-order valence-corrected chi connectivity index (χ3v) is 3.90. The van der Waals surface area contributed by atoms with Gasteiger partial charge in [-0.2, -0.15) is 0 Å². The van der Waals surface area contributed by atoms with Crippen molar-refractivity contribution in [3.8, 4) is 0 Å². The van der Waals surface area contributed by atoms with Gasteiger partial charge in [-0.05, 0) is 17.9 Å². The summed E-state index contributed by atoms with van der Waals surface area (Å²) in [5.74, 6) is -2.30. The third-order valence-electron chi connectivity index (χ3n) is 3.90. The minimum Gasteiger partial charge on any atom is -0.481 e. The van der Waals surface area contributed by atoms with Crippen molar-refractivity contribution < 1.29 is 19.5 Å². The first kappa shape index (κ1) is 20.6. The van der Waals surface area contributed by atoms with Crippen LogP contribution in [-0.2, 0) is 14.4 Å². The van der Waals surface area contributed by atoms with Gasteiger partial charge in [0.25, 0.3) is 0 Å². The number of carbonyl (C=O) groups excluding carboxylic acids is 2. The molecule has 25 heavy (non-hydrogen) atoms. The second-order valence-corrected chi connectivity index (χ2v) is 6.31. The van der Waals surface area contributed by atoms with Gasteiger partial charge in [0.2, 0.25) is 11.8 Å². The van der Waals surface area contributed by atoms with Crippen molar-refractivity contribution in [1.29, 1.82) is 0 Å². The molecule has 0 unspecified atom stereocenters. The fourth-order valence-corrected chi connectivity index (χ4v) is 2.44. The van der Waals surface area contributed by atoms with E-state index in [0.29, 0.717) is 6.42 Å². The fourth-order valence-electron chi connectivity index (χ4n) is 2.44. The molecule has 0 aromatic heterocycles. The number of nitrogens with one attached hydrogen (secondary N) is 2. The molecule has 0 heterocycles. The number of hydrogen-bond donors (Lipinski definition) is 4. The van der Waals surface area contributed by atoms with Crippen LogP contribution in [0.25, 0.3) is 0 Å². The molecule has 1 aromatic rings. The molecule has 7 nitrogen and oxygen atoms in total. The van der Waals surface area contributed by atoms with Crippen LogP contribution in [0.1, 0.15) is 45.2 Å². The number of benzene rings is 1. The van der Waals surface area contributed by atoms with Crippen LogP contribution in [0.2, 0.25) is 0 Å². The normalized spacial score (nSPS) is 14.4. The molecular weight excluding hydrogens is 322 g/mol. The van der Waals surface area contributed by atoms with Crippen molar-refractivity contribution in [2.75, 3.05) is 0 Å². The van der Waals surface area contributed by atoms with E-state index >= 15 is 0 Å². The Morgan fingerprint density at radius 3 is 2.16 bits per heavy atom. The van der Waals surface area contributed by atoms with E-state index in [0.717, 1.165) is 5.56 Å². The molecule has 2 amide bonds. The number of carbonyl (C=O) groups is 3. The van der Waals surface area contributed by atoms with Crippen LogP contribution in [0.3, 0.4) is 0 Å². The van der Waals surface area contributed by atoms with Gasteiger partial charge in [0.15, 0.2) is 0 Å². The molecule has 0 saturated carbocycles. The average molecular weight is 349 g/mol. The molecule has 0 aliphatic heterocycles. The van der Waals surface area contributed by atoms with Gasteiger partial charge >= 0.3 is 5.97 Å². The van der Waals surface area contributed by atoms with Crippen LogP contribution in [0.15, 0.2) is 30.3 Å². The van der Waals surface area contributed by atoms with Gasteiger partial charge in [-0.1, -0.05) is 51.1 Å². The van der Waals surface area contributed by atoms with Gasteiger partial charge in [0.1, 0.15) is 6.04 Å². The van der Waals surface area contributed by atoms with Crippen LogP contribution < -0.4 is 16.4 Å². The van der Waals surface area contributed by atoms with E-state index in [-0.39, 0.29) is 17.9 Å². The molecule has 0 bridgehead atoms. The molecular formula is C18H27N3O4. The van der Waals surface area contributed by atoms with Gasteiger partial charge in [-0.15, -0.1) is 0 Å². The summed E-state index contributed by atoms with van der Waals surface area (Å²) >= 11 is 0. The third kappa shape index (κ3) is 6.54. The van der Waals surface area contributed by atoms with E-state index in [4.69, 9.17) is 10.8 Å². The monoisotopic (exact) mass is 349 g/mol. The summed E-state index contributed by atoms with van der Waals surface area (Å²) in [6.45, 7) is 5.57. The van der Waals surface area contributed by atoms with Crippen LogP contribution >= 0.6 is 0 Å². The van der Waals surface area contributed by atoms with Crippen molar-refractivity contribution in [2.24, 2.45) is 11.7 Å². The highest BCUT2D eigenvalue weighted by molar-refractivity contribution is 5.91. The SMILES string of the molecule is CC[C@H](NC(=O)[C@H](NC(=O)[C@@H](N)CC(=O)O)C(C)C)c1ccccc1. The van der Waals surface area contributed by atoms with Crippen molar-refractivity contribution in [1.82, 2.24) is 10.6 Å². The minimum absolute atomic E-state index is 0.167. The van der Waals surface area contributed by atoms with Crippen LogP contribution in [0.4, 0.5) is 0 Å². The molecule has 1 aromatic carbocycles. The zero-order chi connectivity index (χ0) is 19.0. The van der Waals surface area contributed by atoms with Gasteiger partial charge in [-0.3, -0.25) is 14.4 Å². The number of aliphatic carboxylic acids is 1. The molecule has 0 saturated heterocycles. The summed E-state index contributed by atoms with van der Waals surface area (Å²) in [5, 5.41) is 14.2. The summed E-state index contributed by atoms with van der Waals surface area (Å²) in [6, 6.07) is 7.42. The lowest BCUT2D eigenvalue weighted by molar-refractivity contribution is -0.139. The zero-order valence-electron chi connectivity index (χ0n) is 14.9. The fraction of sp³-hybridized carbons (Fsp3) is 0.500. The van der Waals surface area contributed by atoms with E-state index in [9.17, 15) is 14.4 Å². The number of carboxylic acid groups (broad SMARTS) is 1. The second kappa shape index (κ2) is 9.78. The topological polar surface area (TPSA) is 122 Å². The number of rotatable bonds is 9. The maximum atomic E-state index is 12.6. The standard InChI is InChI=1S/C18H27N3O4/c1-4-14(12-8-6-5-7-9-12)20-18(25)16(11(2)3)21-17(24)13(19)10-15(22)23/h5-9,11,13-14,16H,4,10,19H2,1-3H3,(H,20,25)(H,21,24)(H,22,23)/t13-,14-,16+/m0/s1. The Bertz CT molecular complexity index is 589. The summed E-state index contributed by atoms with van der Waals surface area (Å²) in [4.78, 5) is 35.3. The zero-order valence-corrected chi connectivity index (χ0v) is 14.9. The van der Waals surface area contributed by atoms with E-state index < -0.39 is 30.4 Å². The van der Waals surface area contributed by atoms with Gasteiger partial charge in [0, 0.05) is 0 Å². The van der Waals surface area contributed by atoms with Crippen LogP contribution in [0.5, 0.6) is 0 Å². The van der Waals surface area contributed by atoms with Crippen molar-refractivity contribution in [3.05, 3.63) is 35.9 Å². The van der Waals surface area contributed by atoms with Gasteiger partial charge in [-0.25, -0.2) is 0 Å². The summed E-state index contributed by atoms with van der Waals surface area (Å²) in [6.07, 6.45) is 0.215. The average Bonchev–Trinajstić information content (AvgIpc) is 2.56. The largest absolute Gasteiger partial charge is 0.481 e. The van der Waals surface area contributed by atoms with E-state index in [1.165, 1.54) is 0 Å². The number of hydrogen-bond acceptors (Lipinski definition) is 4. The van der Waals surface area contributed by atoms with Gasteiger partial charge < -0.3 is 21.5 Å². The van der Waals surface area contributed by atoms with E-state index in [1.807, 2.05) is 37.3 Å². The molecule has 138 valence electrons. The van der Waals surface area contributed by atoms with Crippen LogP contribution in [0, 0.1) is 5.92 Å². The lowest BCUT2D eigenvalue weighted by Crippen LogP contribution is -2.54. The molecule has 0 radical (unpaired) electrons. The minimum atomic E-state index is -1.19. The molecule has 3 atom stereocenters. The first-order valence-corrected chi connectivity index (χ1v) is 8.39. The predicted molar refractivity (Wildman–Crippen MR) is 94.6 cm³/mol. The molecule has 1 rings (SSSR count). The van der Waals surface area contributed by atoms with Crippen LogP contribution in [-0.4, -0.2) is 35.0 Å². The highest BCUT2D eigenvalue weighted by Crippen LogP contribution is 2.16. The Labute approximate surface area is 148 Å². The summed E-state index contributed by atoms with van der Waals surface area (Å²) in [5.41, 5.74) is 6.54.